The Morgan fingerprint density at radius 1 is 1.12 bits per heavy atom. The summed E-state index contributed by atoms with van der Waals surface area (Å²) in [7, 11) is 3.34. The van der Waals surface area contributed by atoms with Crippen LogP contribution in [-0.2, 0) is 11.3 Å². The molecule has 1 fully saturated rings. The van der Waals surface area contributed by atoms with Crippen LogP contribution in [0.5, 0.6) is 5.75 Å². The number of anilines is 2. The zero-order valence-electron chi connectivity index (χ0n) is 19.3. The average molecular weight is 448 g/mol. The summed E-state index contributed by atoms with van der Waals surface area (Å²) in [6.07, 6.45) is 11.7. The molecule has 4 aromatic rings. The van der Waals surface area contributed by atoms with Gasteiger partial charge in [0.15, 0.2) is 5.65 Å². The van der Waals surface area contributed by atoms with Crippen LogP contribution in [0.15, 0.2) is 36.9 Å². The Morgan fingerprint density at radius 3 is 2.70 bits per heavy atom. The van der Waals surface area contributed by atoms with Crippen molar-refractivity contribution < 1.29 is 9.47 Å². The highest BCUT2D eigenvalue weighted by Crippen LogP contribution is 2.33. The Bertz CT molecular complexity index is 1260. The number of aromatic nitrogens is 6. The Morgan fingerprint density at radius 2 is 1.97 bits per heavy atom. The maximum absolute atomic E-state index is 5.63. The minimum absolute atomic E-state index is 0.408. The molecule has 9 heteroatoms. The number of methoxy groups -OCH3 is 2. The molecule has 0 atom stereocenters. The molecular formula is C24H29N7O2. The van der Waals surface area contributed by atoms with Crippen LogP contribution in [0.25, 0.3) is 11.3 Å². The summed E-state index contributed by atoms with van der Waals surface area (Å²) in [5.74, 6) is 2.63. The zero-order chi connectivity index (χ0) is 22.8. The number of benzene rings is 1. The summed E-state index contributed by atoms with van der Waals surface area (Å²) in [6.45, 7) is 2.40. The van der Waals surface area contributed by atoms with Gasteiger partial charge in [0.25, 0.3) is 0 Å². The third-order valence-corrected chi connectivity index (χ3v) is 6.16. The largest absolute Gasteiger partial charge is 0.494 e. The van der Waals surface area contributed by atoms with Gasteiger partial charge in [0.1, 0.15) is 11.6 Å². The molecule has 33 heavy (non-hydrogen) atoms. The molecule has 0 radical (unpaired) electrons. The van der Waals surface area contributed by atoms with E-state index in [9.17, 15) is 0 Å². The summed E-state index contributed by atoms with van der Waals surface area (Å²) in [5, 5.41) is 8.12. The van der Waals surface area contributed by atoms with E-state index in [4.69, 9.17) is 24.5 Å². The maximum Gasteiger partial charge on any atom is 0.247 e. The maximum atomic E-state index is 5.63. The number of aryl methyl sites for hydroxylation is 1. The van der Waals surface area contributed by atoms with Crippen LogP contribution in [0.4, 0.5) is 11.6 Å². The molecule has 0 bridgehead atoms. The average Bonchev–Trinajstić information content (AvgIpc) is 3.46. The number of rotatable bonds is 7. The van der Waals surface area contributed by atoms with Gasteiger partial charge in [-0.3, -0.25) is 0 Å². The second-order valence-corrected chi connectivity index (χ2v) is 8.51. The zero-order valence-corrected chi connectivity index (χ0v) is 19.3. The predicted octanol–water partition coefficient (Wildman–Crippen LogP) is 4.56. The Labute approximate surface area is 192 Å². The summed E-state index contributed by atoms with van der Waals surface area (Å²) >= 11 is 0. The first-order chi connectivity index (χ1) is 16.2. The number of hydrogen-bond acceptors (Lipinski definition) is 7. The fourth-order valence-corrected chi connectivity index (χ4v) is 4.54. The summed E-state index contributed by atoms with van der Waals surface area (Å²) < 4.78 is 14.8. The van der Waals surface area contributed by atoms with Gasteiger partial charge in [-0.15, -0.1) is 5.10 Å². The Kier molecular flexibility index (Phi) is 5.95. The third-order valence-electron chi connectivity index (χ3n) is 6.16. The molecule has 0 saturated heterocycles. The van der Waals surface area contributed by atoms with Crippen LogP contribution in [0.1, 0.15) is 55.1 Å². The minimum atomic E-state index is 0.408. The lowest BCUT2D eigenvalue weighted by Crippen LogP contribution is -2.13. The molecule has 0 spiro atoms. The molecular weight excluding hydrogens is 418 g/mol. The first kappa shape index (κ1) is 21.4. The van der Waals surface area contributed by atoms with Crippen molar-refractivity contribution in [2.45, 2.75) is 51.6 Å². The van der Waals surface area contributed by atoms with Crippen molar-refractivity contribution in [3.05, 3.63) is 54.0 Å². The Balaban J connectivity index is 1.49. The molecule has 0 aliphatic heterocycles. The van der Waals surface area contributed by atoms with Crippen LogP contribution in [0.3, 0.4) is 0 Å². The van der Waals surface area contributed by atoms with Gasteiger partial charge in [0, 0.05) is 42.7 Å². The monoisotopic (exact) mass is 447 g/mol. The summed E-state index contributed by atoms with van der Waals surface area (Å²) in [6, 6.07) is 5.91. The van der Waals surface area contributed by atoms with Gasteiger partial charge in [-0.2, -0.15) is 9.50 Å². The van der Waals surface area contributed by atoms with E-state index in [0.29, 0.717) is 18.5 Å². The van der Waals surface area contributed by atoms with Crippen molar-refractivity contribution in [3.63, 3.8) is 0 Å². The molecule has 172 valence electrons. The van der Waals surface area contributed by atoms with Crippen molar-refractivity contribution in [2.75, 3.05) is 19.5 Å². The summed E-state index contributed by atoms with van der Waals surface area (Å²) in [4.78, 5) is 13.9. The Hall–Kier alpha value is -3.46. The summed E-state index contributed by atoms with van der Waals surface area (Å²) in [5.41, 5.74) is 4.40. The number of hydrogen-bond donors (Lipinski definition) is 1. The normalized spacial score (nSPS) is 14.6. The smallest absolute Gasteiger partial charge is 0.247 e. The highest BCUT2D eigenvalue weighted by atomic mass is 16.5. The number of nitrogens with zero attached hydrogens (tertiary/aromatic N) is 6. The molecule has 0 unspecified atom stereocenters. The van der Waals surface area contributed by atoms with Crippen molar-refractivity contribution in [1.82, 2.24) is 29.1 Å². The highest BCUT2D eigenvalue weighted by Gasteiger charge is 2.22. The topological polar surface area (TPSA) is 91.4 Å². The molecule has 3 aromatic heterocycles. The van der Waals surface area contributed by atoms with E-state index < -0.39 is 0 Å². The first-order valence-electron chi connectivity index (χ1n) is 11.4. The fraction of sp³-hybridized carbons (Fsp3) is 0.417. The van der Waals surface area contributed by atoms with Gasteiger partial charge in [-0.1, -0.05) is 19.3 Å². The number of ether oxygens (including phenoxy) is 2. The van der Waals surface area contributed by atoms with Crippen molar-refractivity contribution >= 4 is 17.3 Å². The fourth-order valence-electron chi connectivity index (χ4n) is 4.54. The SMILES string of the molecule is COCc1cnc(C2CCCCC2)n2nc(Nc3ccc(-n4cnc(C)c4)c(OC)c3)nc12. The van der Waals surface area contributed by atoms with E-state index in [2.05, 4.69) is 10.3 Å². The number of fused-ring (bicyclic) bond motifs is 1. The van der Waals surface area contributed by atoms with E-state index in [1.54, 1.807) is 20.5 Å². The van der Waals surface area contributed by atoms with Crippen molar-refractivity contribution in [2.24, 2.45) is 0 Å². The number of imidazole rings is 1. The van der Waals surface area contributed by atoms with E-state index in [-0.39, 0.29) is 0 Å². The molecule has 1 aliphatic carbocycles. The molecule has 1 N–H and O–H groups in total. The molecule has 1 saturated carbocycles. The van der Waals surface area contributed by atoms with Crippen LogP contribution < -0.4 is 10.1 Å². The predicted molar refractivity (Wildman–Crippen MR) is 125 cm³/mol. The van der Waals surface area contributed by atoms with Gasteiger partial charge in [0.2, 0.25) is 5.95 Å². The van der Waals surface area contributed by atoms with Crippen molar-refractivity contribution in [3.8, 4) is 11.4 Å². The molecule has 5 rings (SSSR count). The first-order valence-corrected chi connectivity index (χ1v) is 11.4. The lowest BCUT2D eigenvalue weighted by Gasteiger charge is -2.21. The standard InChI is InChI=1S/C24H29N7O2/c1-16-13-30(15-26-16)20-10-9-19(11-21(20)33-3)27-24-28-23-18(14-32-2)12-25-22(31(23)29-24)17-7-5-4-6-8-17/h9-13,15,17H,4-8,14H2,1-3H3,(H,27,29). The van der Waals surface area contributed by atoms with Gasteiger partial charge >= 0.3 is 0 Å². The van der Waals surface area contributed by atoms with Crippen LogP contribution in [0, 0.1) is 6.92 Å². The van der Waals surface area contributed by atoms with Gasteiger partial charge in [-0.05, 0) is 31.9 Å². The number of nitrogens with one attached hydrogen (secondary N) is 1. The molecule has 1 aromatic carbocycles. The lowest BCUT2D eigenvalue weighted by atomic mass is 9.88. The van der Waals surface area contributed by atoms with E-state index >= 15 is 0 Å². The molecule has 3 heterocycles. The van der Waals surface area contributed by atoms with Gasteiger partial charge < -0.3 is 19.4 Å². The molecule has 1 aliphatic rings. The van der Waals surface area contributed by atoms with E-state index in [1.807, 2.05) is 46.6 Å². The van der Waals surface area contributed by atoms with Crippen LogP contribution >= 0.6 is 0 Å². The lowest BCUT2D eigenvalue weighted by molar-refractivity contribution is 0.185. The highest BCUT2D eigenvalue weighted by molar-refractivity contribution is 5.63. The second kappa shape index (κ2) is 9.19. The van der Waals surface area contributed by atoms with Crippen molar-refractivity contribution in [1.29, 1.82) is 0 Å². The second-order valence-electron chi connectivity index (χ2n) is 8.51. The molecule has 0 amide bonds. The molecule has 9 nitrogen and oxygen atoms in total. The quantitative estimate of drug-likeness (QED) is 0.444. The van der Waals surface area contributed by atoms with Gasteiger partial charge in [-0.25, -0.2) is 9.97 Å². The van der Waals surface area contributed by atoms with Gasteiger partial charge in [0.05, 0.1) is 31.4 Å². The van der Waals surface area contributed by atoms with E-state index in [1.165, 1.54) is 19.3 Å². The van der Waals surface area contributed by atoms with E-state index in [0.717, 1.165) is 52.7 Å². The minimum Gasteiger partial charge on any atom is -0.494 e. The third kappa shape index (κ3) is 4.28. The van der Waals surface area contributed by atoms with Crippen LogP contribution in [0.2, 0.25) is 0 Å². The van der Waals surface area contributed by atoms with Crippen LogP contribution in [-0.4, -0.2) is 43.4 Å².